The van der Waals surface area contributed by atoms with Crippen molar-refractivity contribution in [1.82, 2.24) is 20.3 Å². The zero-order valence-corrected chi connectivity index (χ0v) is 19.8. The van der Waals surface area contributed by atoms with E-state index >= 15 is 0 Å². The molecule has 1 aliphatic rings. The summed E-state index contributed by atoms with van der Waals surface area (Å²) in [6.07, 6.45) is 7.91. The minimum atomic E-state index is -0.347. The second-order valence-electron chi connectivity index (χ2n) is 8.50. The minimum Gasteiger partial charge on any atom is -0.373 e. The standard InChI is InChI=1S/C26H31N7O/c1-18-9-5-6-10-19(18)15-31-26(34)25-29-16-20(17-30-25)23(27)21-11-12-22(32-24(21)28-2)33-13-7-3-4-8-14-33/h5-6,9-12,16-17,27H,3-4,7-8,13-15H2,1-2H3,(H,28,32)(H,31,34). The van der Waals surface area contributed by atoms with Crippen LogP contribution in [0.5, 0.6) is 0 Å². The van der Waals surface area contributed by atoms with Gasteiger partial charge in [0.1, 0.15) is 11.6 Å². The molecule has 0 saturated carbocycles. The first-order chi connectivity index (χ1) is 16.6. The number of benzene rings is 1. The molecule has 8 heteroatoms. The summed E-state index contributed by atoms with van der Waals surface area (Å²) in [6.45, 7) is 4.43. The highest BCUT2D eigenvalue weighted by molar-refractivity contribution is 6.13. The van der Waals surface area contributed by atoms with E-state index in [2.05, 4.69) is 25.5 Å². The van der Waals surface area contributed by atoms with Crippen molar-refractivity contribution in [2.45, 2.75) is 39.2 Å². The number of aryl methyl sites for hydroxylation is 1. The Bertz CT molecular complexity index is 1150. The molecule has 0 atom stereocenters. The van der Waals surface area contributed by atoms with Gasteiger partial charge in [-0.1, -0.05) is 37.1 Å². The number of amides is 1. The lowest BCUT2D eigenvalue weighted by molar-refractivity contribution is 0.0940. The normalized spacial score (nSPS) is 13.8. The molecule has 0 radical (unpaired) electrons. The molecule has 8 nitrogen and oxygen atoms in total. The first-order valence-corrected chi connectivity index (χ1v) is 11.7. The van der Waals surface area contributed by atoms with E-state index in [4.69, 9.17) is 10.4 Å². The van der Waals surface area contributed by atoms with Crippen molar-refractivity contribution in [3.8, 4) is 0 Å². The molecule has 0 aliphatic carbocycles. The second-order valence-corrected chi connectivity index (χ2v) is 8.50. The molecular formula is C26H31N7O. The smallest absolute Gasteiger partial charge is 0.289 e. The van der Waals surface area contributed by atoms with Gasteiger partial charge in [0, 0.05) is 50.2 Å². The highest BCUT2D eigenvalue weighted by Gasteiger charge is 2.17. The van der Waals surface area contributed by atoms with E-state index in [1.165, 1.54) is 38.1 Å². The van der Waals surface area contributed by atoms with Crippen LogP contribution in [0.15, 0.2) is 48.8 Å². The van der Waals surface area contributed by atoms with Crippen LogP contribution in [-0.2, 0) is 6.54 Å². The summed E-state index contributed by atoms with van der Waals surface area (Å²) in [4.78, 5) is 28.0. The Morgan fingerprint density at radius 2 is 1.74 bits per heavy atom. The summed E-state index contributed by atoms with van der Waals surface area (Å²) in [5.74, 6) is 1.31. The lowest BCUT2D eigenvalue weighted by Crippen LogP contribution is -2.26. The first-order valence-electron chi connectivity index (χ1n) is 11.7. The number of carbonyl (C=O) groups excluding carboxylic acids is 1. The third-order valence-electron chi connectivity index (χ3n) is 6.16. The number of hydrogen-bond acceptors (Lipinski definition) is 7. The SMILES string of the molecule is CNc1nc(N2CCCCCC2)ccc1C(=N)c1cnc(C(=O)NCc2ccccc2C)nc1. The monoisotopic (exact) mass is 457 g/mol. The molecular weight excluding hydrogens is 426 g/mol. The van der Waals surface area contributed by atoms with Crippen LogP contribution in [-0.4, -0.2) is 46.7 Å². The molecule has 34 heavy (non-hydrogen) atoms. The molecule has 1 aromatic carbocycles. The van der Waals surface area contributed by atoms with Crippen LogP contribution in [0.25, 0.3) is 0 Å². The molecule has 1 fully saturated rings. The molecule has 1 saturated heterocycles. The van der Waals surface area contributed by atoms with Crippen LogP contribution in [0.3, 0.4) is 0 Å². The predicted molar refractivity (Wildman–Crippen MR) is 135 cm³/mol. The zero-order chi connectivity index (χ0) is 23.9. The quantitative estimate of drug-likeness (QED) is 0.464. The van der Waals surface area contributed by atoms with Crippen molar-refractivity contribution in [2.75, 3.05) is 30.4 Å². The van der Waals surface area contributed by atoms with Gasteiger partial charge in [-0.3, -0.25) is 10.2 Å². The van der Waals surface area contributed by atoms with Crippen molar-refractivity contribution < 1.29 is 4.79 Å². The largest absolute Gasteiger partial charge is 0.373 e. The van der Waals surface area contributed by atoms with E-state index in [0.717, 1.165) is 30.0 Å². The predicted octanol–water partition coefficient (Wildman–Crippen LogP) is 3.95. The van der Waals surface area contributed by atoms with Gasteiger partial charge in [0.25, 0.3) is 5.91 Å². The van der Waals surface area contributed by atoms with E-state index in [9.17, 15) is 4.79 Å². The van der Waals surface area contributed by atoms with Gasteiger partial charge in [-0.05, 0) is 43.0 Å². The molecule has 0 unspecified atom stereocenters. The van der Waals surface area contributed by atoms with E-state index in [-0.39, 0.29) is 17.4 Å². The third-order valence-corrected chi connectivity index (χ3v) is 6.16. The van der Waals surface area contributed by atoms with Crippen LogP contribution in [0.4, 0.5) is 11.6 Å². The highest BCUT2D eigenvalue weighted by Crippen LogP contribution is 2.23. The number of nitrogens with zero attached hydrogens (tertiary/aromatic N) is 4. The number of aromatic nitrogens is 3. The Labute approximate surface area is 200 Å². The molecule has 3 N–H and O–H groups in total. The van der Waals surface area contributed by atoms with Crippen molar-refractivity contribution in [3.05, 3.63) is 76.9 Å². The van der Waals surface area contributed by atoms with Gasteiger partial charge < -0.3 is 15.5 Å². The average Bonchev–Trinajstić information content (AvgIpc) is 3.17. The van der Waals surface area contributed by atoms with Crippen molar-refractivity contribution in [3.63, 3.8) is 0 Å². The second kappa shape index (κ2) is 10.9. The summed E-state index contributed by atoms with van der Waals surface area (Å²) in [5.41, 5.74) is 3.61. The van der Waals surface area contributed by atoms with Crippen LogP contribution >= 0.6 is 0 Å². The van der Waals surface area contributed by atoms with Gasteiger partial charge >= 0.3 is 0 Å². The zero-order valence-electron chi connectivity index (χ0n) is 19.8. The Morgan fingerprint density at radius 1 is 1.03 bits per heavy atom. The minimum absolute atomic E-state index is 0.0774. The molecule has 1 amide bonds. The lowest BCUT2D eigenvalue weighted by Gasteiger charge is -2.22. The fraction of sp³-hybridized carbons (Fsp3) is 0.346. The maximum Gasteiger partial charge on any atom is 0.289 e. The molecule has 0 spiro atoms. The van der Waals surface area contributed by atoms with Crippen molar-refractivity contribution >= 4 is 23.3 Å². The maximum absolute atomic E-state index is 12.5. The number of rotatable bonds is 7. The van der Waals surface area contributed by atoms with Gasteiger partial charge in [-0.15, -0.1) is 0 Å². The molecule has 3 heterocycles. The highest BCUT2D eigenvalue weighted by atomic mass is 16.2. The summed E-state index contributed by atoms with van der Waals surface area (Å²) >= 11 is 0. The van der Waals surface area contributed by atoms with E-state index < -0.39 is 0 Å². The Hall–Kier alpha value is -3.81. The summed E-state index contributed by atoms with van der Waals surface area (Å²) in [6, 6.07) is 11.8. The summed E-state index contributed by atoms with van der Waals surface area (Å²) in [7, 11) is 1.81. The summed E-state index contributed by atoms with van der Waals surface area (Å²) < 4.78 is 0. The number of anilines is 2. The fourth-order valence-corrected chi connectivity index (χ4v) is 4.11. The van der Waals surface area contributed by atoms with Crippen LogP contribution in [0.1, 0.15) is 58.6 Å². The third kappa shape index (κ3) is 5.39. The number of hydrogen-bond donors (Lipinski definition) is 3. The van der Waals surface area contributed by atoms with Gasteiger partial charge in [0.2, 0.25) is 5.82 Å². The Kier molecular flexibility index (Phi) is 7.47. The lowest BCUT2D eigenvalue weighted by atomic mass is 10.1. The van der Waals surface area contributed by atoms with Crippen molar-refractivity contribution in [1.29, 1.82) is 5.41 Å². The van der Waals surface area contributed by atoms with E-state index in [0.29, 0.717) is 23.5 Å². The van der Waals surface area contributed by atoms with Crippen LogP contribution in [0, 0.1) is 12.3 Å². The van der Waals surface area contributed by atoms with Gasteiger partial charge in [0.05, 0.1) is 5.71 Å². The van der Waals surface area contributed by atoms with Gasteiger partial charge in [-0.25, -0.2) is 15.0 Å². The molecule has 4 rings (SSSR count). The molecule has 3 aromatic rings. The van der Waals surface area contributed by atoms with Crippen LogP contribution < -0.4 is 15.5 Å². The molecule has 176 valence electrons. The van der Waals surface area contributed by atoms with Crippen molar-refractivity contribution in [2.24, 2.45) is 0 Å². The van der Waals surface area contributed by atoms with Gasteiger partial charge in [-0.2, -0.15) is 0 Å². The molecule has 0 bridgehead atoms. The molecule has 2 aromatic heterocycles. The maximum atomic E-state index is 12.5. The first kappa shape index (κ1) is 23.4. The number of pyridine rings is 1. The topological polar surface area (TPSA) is 107 Å². The van der Waals surface area contributed by atoms with E-state index in [1.807, 2.05) is 50.4 Å². The fourth-order valence-electron chi connectivity index (χ4n) is 4.11. The number of nitrogens with one attached hydrogen (secondary N) is 3. The molecule has 1 aliphatic heterocycles. The van der Waals surface area contributed by atoms with Crippen LogP contribution in [0.2, 0.25) is 0 Å². The number of carbonyl (C=O) groups is 1. The summed E-state index contributed by atoms with van der Waals surface area (Å²) in [5, 5.41) is 14.7. The average molecular weight is 458 g/mol. The Balaban J connectivity index is 1.45. The Morgan fingerprint density at radius 3 is 2.41 bits per heavy atom. The van der Waals surface area contributed by atoms with E-state index in [1.54, 1.807) is 0 Å². The van der Waals surface area contributed by atoms with Gasteiger partial charge in [0.15, 0.2) is 0 Å².